The summed E-state index contributed by atoms with van der Waals surface area (Å²) < 4.78 is 0. The second kappa shape index (κ2) is 4.19. The zero-order chi connectivity index (χ0) is 9.97. The molecule has 1 saturated heterocycles. The number of hydrogen-bond donors (Lipinski definition) is 2. The number of nitrogens with one attached hydrogen (secondary N) is 1. The number of nitrogens with zero attached hydrogens (tertiary/aromatic N) is 1. The van der Waals surface area contributed by atoms with Gasteiger partial charge in [-0.2, -0.15) is 0 Å². The third-order valence-corrected chi connectivity index (χ3v) is 3.66. The van der Waals surface area contributed by atoms with Gasteiger partial charge in [0.05, 0.1) is 10.0 Å². The van der Waals surface area contributed by atoms with Crippen LogP contribution in [0.2, 0.25) is 0 Å². The number of nitrogens with two attached hydrogens (primary N) is 1. The van der Waals surface area contributed by atoms with E-state index in [0.717, 1.165) is 37.6 Å². The maximum absolute atomic E-state index is 5.84. The summed E-state index contributed by atoms with van der Waals surface area (Å²) in [4.78, 5) is 2.44. The molecule has 2 heterocycles. The van der Waals surface area contributed by atoms with Crippen LogP contribution in [0.25, 0.3) is 0 Å². The van der Waals surface area contributed by atoms with Crippen LogP contribution in [-0.2, 0) is 6.42 Å². The van der Waals surface area contributed by atoms with Gasteiger partial charge in [-0.1, -0.05) is 6.92 Å². The molecule has 1 aliphatic heterocycles. The summed E-state index contributed by atoms with van der Waals surface area (Å²) in [5, 5.41) is 5.68. The highest BCUT2D eigenvalue weighted by Gasteiger charge is 2.15. The number of thiophene rings is 1. The predicted octanol–water partition coefficient (Wildman–Crippen LogP) is 1.30. The van der Waals surface area contributed by atoms with E-state index in [0.29, 0.717) is 0 Å². The number of anilines is 2. The Morgan fingerprint density at radius 1 is 1.50 bits per heavy atom. The van der Waals surface area contributed by atoms with Crippen LogP contribution < -0.4 is 16.0 Å². The van der Waals surface area contributed by atoms with Crippen molar-refractivity contribution in [1.29, 1.82) is 0 Å². The first kappa shape index (κ1) is 9.80. The minimum atomic E-state index is 0.940. The van der Waals surface area contributed by atoms with Gasteiger partial charge >= 0.3 is 0 Å². The van der Waals surface area contributed by atoms with Gasteiger partial charge in [0.2, 0.25) is 0 Å². The third-order valence-electron chi connectivity index (χ3n) is 2.59. The Labute approximate surface area is 88.9 Å². The highest BCUT2D eigenvalue weighted by atomic mass is 32.1. The lowest BCUT2D eigenvalue weighted by atomic mass is 10.2. The molecule has 0 amide bonds. The van der Waals surface area contributed by atoms with E-state index >= 15 is 0 Å². The summed E-state index contributed by atoms with van der Waals surface area (Å²) >= 11 is 1.72. The Hall–Kier alpha value is -0.740. The Morgan fingerprint density at radius 2 is 2.21 bits per heavy atom. The average molecular weight is 211 g/mol. The van der Waals surface area contributed by atoms with E-state index in [1.54, 1.807) is 11.3 Å². The summed E-state index contributed by atoms with van der Waals surface area (Å²) in [6, 6.07) is 2.11. The van der Waals surface area contributed by atoms with E-state index in [-0.39, 0.29) is 0 Å². The van der Waals surface area contributed by atoms with Crippen LogP contribution in [0, 0.1) is 0 Å². The first-order valence-corrected chi connectivity index (χ1v) is 5.96. The van der Waals surface area contributed by atoms with E-state index in [9.17, 15) is 0 Å². The van der Waals surface area contributed by atoms with Crippen LogP contribution in [0.5, 0.6) is 0 Å². The van der Waals surface area contributed by atoms with Gasteiger partial charge in [0.15, 0.2) is 0 Å². The van der Waals surface area contributed by atoms with E-state index in [2.05, 4.69) is 23.2 Å². The van der Waals surface area contributed by atoms with Crippen LogP contribution >= 0.6 is 11.3 Å². The topological polar surface area (TPSA) is 41.3 Å². The molecule has 14 heavy (non-hydrogen) atoms. The third kappa shape index (κ3) is 1.86. The number of nitrogen functional groups attached to an aromatic ring is 1. The number of rotatable bonds is 2. The Bertz CT molecular complexity index is 302. The largest absolute Gasteiger partial charge is 0.391 e. The molecule has 78 valence electrons. The van der Waals surface area contributed by atoms with Gasteiger partial charge in [0.25, 0.3) is 0 Å². The quantitative estimate of drug-likeness (QED) is 0.775. The van der Waals surface area contributed by atoms with Gasteiger partial charge in [-0.15, -0.1) is 11.3 Å². The van der Waals surface area contributed by atoms with Crippen LogP contribution in [0.3, 0.4) is 0 Å². The molecule has 0 bridgehead atoms. The summed E-state index contributed by atoms with van der Waals surface area (Å²) in [6.07, 6.45) is 1.08. The van der Waals surface area contributed by atoms with Crippen LogP contribution in [0.1, 0.15) is 12.5 Å². The number of hydrogen-bond acceptors (Lipinski definition) is 4. The molecule has 0 saturated carbocycles. The van der Waals surface area contributed by atoms with Gasteiger partial charge in [0.1, 0.15) is 0 Å². The second-order valence-electron chi connectivity index (χ2n) is 3.57. The van der Waals surface area contributed by atoms with Gasteiger partial charge in [-0.25, -0.2) is 0 Å². The first-order valence-electron chi connectivity index (χ1n) is 5.15. The fraction of sp³-hybridized carbons (Fsp3) is 0.600. The molecule has 0 aromatic carbocycles. The zero-order valence-electron chi connectivity index (χ0n) is 8.55. The lowest BCUT2D eigenvalue weighted by molar-refractivity contribution is 0.591. The number of aryl methyl sites for hydroxylation is 1. The predicted molar refractivity (Wildman–Crippen MR) is 63.2 cm³/mol. The van der Waals surface area contributed by atoms with Crippen molar-refractivity contribution < 1.29 is 0 Å². The first-order chi connectivity index (χ1) is 6.81. The van der Waals surface area contributed by atoms with E-state index < -0.39 is 0 Å². The van der Waals surface area contributed by atoms with Crippen molar-refractivity contribution in [3.8, 4) is 0 Å². The molecular weight excluding hydrogens is 194 g/mol. The van der Waals surface area contributed by atoms with Gasteiger partial charge in [-0.05, 0) is 18.1 Å². The summed E-state index contributed by atoms with van der Waals surface area (Å²) in [5.74, 6) is 0. The summed E-state index contributed by atoms with van der Waals surface area (Å²) in [6.45, 7) is 6.56. The highest BCUT2D eigenvalue weighted by Crippen LogP contribution is 2.33. The molecule has 0 radical (unpaired) electrons. The van der Waals surface area contributed by atoms with E-state index in [1.807, 2.05) is 0 Å². The lowest BCUT2D eigenvalue weighted by Gasteiger charge is -2.29. The smallest absolute Gasteiger partial charge is 0.0963 e. The molecule has 4 heteroatoms. The Morgan fingerprint density at radius 3 is 2.86 bits per heavy atom. The monoisotopic (exact) mass is 211 g/mol. The molecule has 1 aromatic rings. The molecule has 1 aromatic heterocycles. The van der Waals surface area contributed by atoms with Gasteiger partial charge in [-0.3, -0.25) is 0 Å². The number of piperazine rings is 1. The highest BCUT2D eigenvalue weighted by molar-refractivity contribution is 7.20. The maximum atomic E-state index is 5.84. The minimum absolute atomic E-state index is 0.940. The van der Waals surface area contributed by atoms with Crippen molar-refractivity contribution in [2.45, 2.75) is 13.3 Å². The van der Waals surface area contributed by atoms with Crippen molar-refractivity contribution in [2.75, 3.05) is 36.8 Å². The van der Waals surface area contributed by atoms with Crippen molar-refractivity contribution >= 4 is 21.3 Å². The van der Waals surface area contributed by atoms with Crippen molar-refractivity contribution in [2.24, 2.45) is 0 Å². The average Bonchev–Trinajstić information content (AvgIpc) is 2.61. The molecule has 0 atom stereocenters. The van der Waals surface area contributed by atoms with E-state index in [1.165, 1.54) is 10.6 Å². The normalized spacial score (nSPS) is 17.4. The van der Waals surface area contributed by atoms with Crippen molar-refractivity contribution in [1.82, 2.24) is 5.32 Å². The SMILES string of the molecule is CCc1cc(N)sc1N1CCNCC1. The molecule has 0 unspecified atom stereocenters. The standard InChI is InChI=1S/C10H17N3S/c1-2-8-7-9(11)14-10(8)13-5-3-12-4-6-13/h7,12H,2-6,11H2,1H3. The Balaban J connectivity index is 2.20. The molecule has 1 fully saturated rings. The van der Waals surface area contributed by atoms with Crippen LogP contribution in [0.4, 0.5) is 10.0 Å². The molecule has 1 aliphatic rings. The molecular formula is C10H17N3S. The zero-order valence-corrected chi connectivity index (χ0v) is 9.36. The van der Waals surface area contributed by atoms with Crippen molar-refractivity contribution in [3.05, 3.63) is 11.6 Å². The summed E-state index contributed by atoms with van der Waals surface area (Å²) in [5.41, 5.74) is 7.24. The molecule has 3 nitrogen and oxygen atoms in total. The fourth-order valence-electron chi connectivity index (χ4n) is 1.83. The Kier molecular flexibility index (Phi) is 2.93. The van der Waals surface area contributed by atoms with Crippen LogP contribution in [-0.4, -0.2) is 26.2 Å². The van der Waals surface area contributed by atoms with Gasteiger partial charge < -0.3 is 16.0 Å². The van der Waals surface area contributed by atoms with Gasteiger partial charge in [0, 0.05) is 26.2 Å². The van der Waals surface area contributed by atoms with Crippen molar-refractivity contribution in [3.63, 3.8) is 0 Å². The minimum Gasteiger partial charge on any atom is -0.391 e. The van der Waals surface area contributed by atoms with E-state index in [4.69, 9.17) is 5.73 Å². The van der Waals surface area contributed by atoms with Crippen LogP contribution in [0.15, 0.2) is 6.07 Å². The maximum Gasteiger partial charge on any atom is 0.0963 e. The molecule has 3 N–H and O–H groups in total. The fourth-order valence-corrected chi connectivity index (χ4v) is 2.90. The molecule has 2 rings (SSSR count). The summed E-state index contributed by atoms with van der Waals surface area (Å²) in [7, 11) is 0. The lowest BCUT2D eigenvalue weighted by Crippen LogP contribution is -2.43. The molecule has 0 aliphatic carbocycles. The molecule has 0 spiro atoms. The second-order valence-corrected chi connectivity index (χ2v) is 4.63.